The second-order valence-corrected chi connectivity index (χ2v) is 19.0. The van der Waals surface area contributed by atoms with Crippen molar-refractivity contribution in [3.05, 3.63) is 72.9 Å². The maximum atomic E-state index is 13.3. The van der Waals surface area contributed by atoms with E-state index in [-0.39, 0.29) is 24.9 Å². The third-order valence-electron chi connectivity index (χ3n) is 12.5. The predicted molar refractivity (Wildman–Crippen MR) is 287 cm³/mol. The molecule has 6 nitrogen and oxygen atoms in total. The molecular formula is C60H107NO5. The van der Waals surface area contributed by atoms with Gasteiger partial charge in [0.1, 0.15) is 6.10 Å². The lowest BCUT2D eigenvalue weighted by atomic mass is 10.0. The Balaban J connectivity index is 4.68. The van der Waals surface area contributed by atoms with Crippen molar-refractivity contribution >= 4 is 11.9 Å². The first-order valence-corrected chi connectivity index (χ1v) is 28.2. The van der Waals surface area contributed by atoms with E-state index < -0.39 is 18.2 Å². The monoisotopic (exact) mass is 922 g/mol. The third kappa shape index (κ3) is 47.8. The highest BCUT2D eigenvalue weighted by atomic mass is 16.5. The zero-order valence-electron chi connectivity index (χ0n) is 43.6. The van der Waals surface area contributed by atoms with Crippen LogP contribution in [0.5, 0.6) is 0 Å². The number of hydrogen-bond donors (Lipinski definition) is 3. The highest BCUT2D eigenvalue weighted by molar-refractivity contribution is 5.77. The van der Waals surface area contributed by atoms with Crippen LogP contribution in [0, 0.1) is 0 Å². The average Bonchev–Trinajstić information content (AvgIpc) is 3.31. The van der Waals surface area contributed by atoms with E-state index in [0.717, 1.165) is 109 Å². The number of esters is 1. The van der Waals surface area contributed by atoms with Gasteiger partial charge in [-0.3, -0.25) is 9.59 Å². The molecule has 3 atom stereocenters. The van der Waals surface area contributed by atoms with E-state index in [0.29, 0.717) is 19.3 Å². The van der Waals surface area contributed by atoms with Crippen LogP contribution >= 0.6 is 0 Å². The van der Waals surface area contributed by atoms with Crippen molar-refractivity contribution in [3.8, 4) is 0 Å². The molecule has 0 rings (SSSR count). The first kappa shape index (κ1) is 63.3. The van der Waals surface area contributed by atoms with Gasteiger partial charge < -0.3 is 20.3 Å². The van der Waals surface area contributed by atoms with E-state index in [9.17, 15) is 19.8 Å². The maximum Gasteiger partial charge on any atom is 0.306 e. The SMILES string of the molecule is CCCCC/C=C\C/C=C\C/C=C\CCCCCCC(=O)OC(CCCCCC/C=C\C/C=C\C/C=C\CCCCC)CC(=O)NC(CO)C(O)CCCCCCCCCCCCCCC. The Morgan fingerprint density at radius 1 is 0.439 bits per heavy atom. The molecule has 6 heteroatoms. The fourth-order valence-corrected chi connectivity index (χ4v) is 8.21. The van der Waals surface area contributed by atoms with Gasteiger partial charge in [-0.2, -0.15) is 0 Å². The number of ether oxygens (including phenoxy) is 1. The van der Waals surface area contributed by atoms with Crippen molar-refractivity contribution in [3.63, 3.8) is 0 Å². The number of aliphatic hydroxyl groups is 2. The molecule has 382 valence electrons. The Labute approximate surface area is 409 Å². The molecular weight excluding hydrogens is 815 g/mol. The first-order chi connectivity index (χ1) is 32.5. The zero-order chi connectivity index (χ0) is 48.1. The number of aliphatic hydroxyl groups excluding tert-OH is 2. The summed E-state index contributed by atoms with van der Waals surface area (Å²) in [5.41, 5.74) is 0. The standard InChI is InChI=1S/C60H107NO5/c1-4-7-10-13-16-19-22-25-27-29-31-34-36-39-42-45-48-51-56(66-60(65)53-50-47-44-41-38-35-32-30-28-26-23-20-17-14-11-8-5-2)54-59(64)61-57(55-62)58(63)52-49-46-43-40-37-33-24-21-18-15-12-9-6-3/h16-17,19-20,25-28,31-32,34-35,56-58,62-63H,4-15,18,21-24,29-30,33,36-55H2,1-3H3,(H,61,64)/b19-16-,20-17-,27-25-,28-26-,34-31-,35-32-. The molecule has 0 aromatic carbocycles. The van der Waals surface area contributed by atoms with Crippen molar-refractivity contribution in [2.24, 2.45) is 0 Å². The summed E-state index contributed by atoms with van der Waals surface area (Å²) < 4.78 is 5.94. The highest BCUT2D eigenvalue weighted by Gasteiger charge is 2.24. The predicted octanol–water partition coefficient (Wildman–Crippen LogP) is 17.3. The molecule has 66 heavy (non-hydrogen) atoms. The minimum atomic E-state index is -0.801. The third-order valence-corrected chi connectivity index (χ3v) is 12.5. The minimum absolute atomic E-state index is 0.0515. The Morgan fingerprint density at radius 3 is 1.20 bits per heavy atom. The zero-order valence-corrected chi connectivity index (χ0v) is 43.6. The molecule has 0 aliphatic carbocycles. The molecule has 0 aromatic rings. The average molecular weight is 923 g/mol. The van der Waals surface area contributed by atoms with Crippen LogP contribution in [-0.2, 0) is 14.3 Å². The Hall–Kier alpha value is -2.70. The number of amides is 1. The van der Waals surface area contributed by atoms with Crippen molar-refractivity contribution < 1.29 is 24.5 Å². The summed E-state index contributed by atoms with van der Waals surface area (Å²) in [6, 6.07) is -0.717. The van der Waals surface area contributed by atoms with Crippen LogP contribution in [0.4, 0.5) is 0 Å². The second-order valence-electron chi connectivity index (χ2n) is 19.0. The molecule has 0 fully saturated rings. The number of allylic oxidation sites excluding steroid dienone is 12. The molecule has 0 saturated heterocycles. The maximum absolute atomic E-state index is 13.3. The number of nitrogens with one attached hydrogen (secondary N) is 1. The van der Waals surface area contributed by atoms with Gasteiger partial charge in [-0.25, -0.2) is 0 Å². The lowest BCUT2D eigenvalue weighted by Gasteiger charge is -2.24. The van der Waals surface area contributed by atoms with Gasteiger partial charge in [0, 0.05) is 6.42 Å². The summed E-state index contributed by atoms with van der Waals surface area (Å²) in [5, 5.41) is 23.8. The van der Waals surface area contributed by atoms with Crippen LogP contribution in [0.15, 0.2) is 72.9 Å². The normalized spacial score (nSPS) is 13.7. The molecule has 0 saturated carbocycles. The summed E-state index contributed by atoms with van der Waals surface area (Å²) in [6.45, 7) is 6.43. The van der Waals surface area contributed by atoms with E-state index >= 15 is 0 Å². The van der Waals surface area contributed by atoms with Gasteiger partial charge in [0.25, 0.3) is 0 Å². The van der Waals surface area contributed by atoms with E-state index in [2.05, 4.69) is 99.0 Å². The summed E-state index contributed by atoms with van der Waals surface area (Å²) >= 11 is 0. The molecule has 3 N–H and O–H groups in total. The molecule has 0 spiro atoms. The first-order valence-electron chi connectivity index (χ1n) is 28.2. The van der Waals surface area contributed by atoms with E-state index in [1.165, 1.54) is 116 Å². The molecule has 0 radical (unpaired) electrons. The van der Waals surface area contributed by atoms with Crippen molar-refractivity contribution in [1.29, 1.82) is 0 Å². The van der Waals surface area contributed by atoms with E-state index in [4.69, 9.17) is 4.74 Å². The molecule has 0 aliphatic rings. The van der Waals surface area contributed by atoms with Crippen molar-refractivity contribution in [2.75, 3.05) is 6.61 Å². The smallest absolute Gasteiger partial charge is 0.306 e. The van der Waals surface area contributed by atoms with Crippen molar-refractivity contribution in [1.82, 2.24) is 5.32 Å². The molecule has 0 bridgehead atoms. The number of hydrogen-bond acceptors (Lipinski definition) is 5. The fraction of sp³-hybridized carbons (Fsp3) is 0.767. The number of unbranched alkanes of at least 4 members (excludes halogenated alkanes) is 26. The number of carbonyl (C=O) groups excluding carboxylic acids is 2. The van der Waals surface area contributed by atoms with Crippen molar-refractivity contribution in [2.45, 2.75) is 289 Å². The van der Waals surface area contributed by atoms with Gasteiger partial charge in [-0.15, -0.1) is 0 Å². The van der Waals surface area contributed by atoms with Gasteiger partial charge >= 0.3 is 5.97 Å². The number of rotatable bonds is 50. The van der Waals surface area contributed by atoms with Gasteiger partial charge in [-0.05, 0) is 103 Å². The number of carbonyl (C=O) groups is 2. The summed E-state index contributed by atoms with van der Waals surface area (Å²) in [4.78, 5) is 26.2. The van der Waals surface area contributed by atoms with Crippen LogP contribution in [0.2, 0.25) is 0 Å². The van der Waals surface area contributed by atoms with Crippen LogP contribution in [0.25, 0.3) is 0 Å². The Kier molecular flexibility index (Phi) is 51.1. The van der Waals surface area contributed by atoms with Gasteiger partial charge in [-0.1, -0.05) is 229 Å². The molecule has 1 amide bonds. The Morgan fingerprint density at radius 2 is 0.773 bits per heavy atom. The van der Waals surface area contributed by atoms with Crippen LogP contribution in [-0.4, -0.2) is 46.9 Å². The highest BCUT2D eigenvalue weighted by Crippen LogP contribution is 2.17. The summed E-state index contributed by atoms with van der Waals surface area (Å²) in [7, 11) is 0. The van der Waals surface area contributed by atoms with E-state index in [1.807, 2.05) is 0 Å². The second kappa shape index (κ2) is 53.3. The molecule has 0 aromatic heterocycles. The van der Waals surface area contributed by atoms with Gasteiger partial charge in [0.15, 0.2) is 0 Å². The van der Waals surface area contributed by atoms with Crippen LogP contribution in [0.3, 0.4) is 0 Å². The van der Waals surface area contributed by atoms with Crippen LogP contribution < -0.4 is 5.32 Å². The lowest BCUT2D eigenvalue weighted by molar-refractivity contribution is -0.151. The fourth-order valence-electron chi connectivity index (χ4n) is 8.21. The lowest BCUT2D eigenvalue weighted by Crippen LogP contribution is -2.46. The molecule has 3 unspecified atom stereocenters. The molecule has 0 heterocycles. The van der Waals surface area contributed by atoms with Gasteiger partial charge in [0.2, 0.25) is 5.91 Å². The van der Waals surface area contributed by atoms with Crippen LogP contribution in [0.1, 0.15) is 271 Å². The largest absolute Gasteiger partial charge is 0.462 e. The quantitative estimate of drug-likeness (QED) is 0.0321. The van der Waals surface area contributed by atoms with E-state index in [1.54, 1.807) is 0 Å². The van der Waals surface area contributed by atoms with Gasteiger partial charge in [0.05, 0.1) is 25.2 Å². The molecule has 0 aliphatic heterocycles. The summed E-state index contributed by atoms with van der Waals surface area (Å²) in [6.07, 6.45) is 68.1. The Bertz CT molecular complexity index is 1220. The minimum Gasteiger partial charge on any atom is -0.462 e. The summed E-state index contributed by atoms with van der Waals surface area (Å²) in [5.74, 6) is -0.518. The topological polar surface area (TPSA) is 95.9 Å².